The van der Waals surface area contributed by atoms with Gasteiger partial charge in [-0.2, -0.15) is 5.10 Å². The van der Waals surface area contributed by atoms with Crippen LogP contribution in [0.1, 0.15) is 17.2 Å². The normalized spacial score (nSPS) is 10.6. The van der Waals surface area contributed by atoms with Crippen LogP contribution in [0, 0.1) is 6.92 Å². The van der Waals surface area contributed by atoms with Crippen molar-refractivity contribution in [2.24, 2.45) is 12.8 Å². The van der Waals surface area contributed by atoms with E-state index in [4.69, 9.17) is 10.5 Å². The Labute approximate surface area is 107 Å². The molecule has 2 aromatic rings. The molecule has 0 bridgehead atoms. The van der Waals surface area contributed by atoms with E-state index >= 15 is 0 Å². The average Bonchev–Trinajstić information content (AvgIpc) is 2.69. The number of rotatable bonds is 5. The van der Waals surface area contributed by atoms with Crippen LogP contribution in [0.15, 0.2) is 24.3 Å². The second-order valence-corrected chi connectivity index (χ2v) is 4.21. The topological polar surface area (TPSA) is 66.0 Å². The molecule has 0 spiro atoms. The summed E-state index contributed by atoms with van der Waals surface area (Å²) in [6.45, 7) is 2.98. The third-order valence-corrected chi connectivity index (χ3v) is 2.62. The van der Waals surface area contributed by atoms with Crippen molar-refractivity contribution in [2.45, 2.75) is 20.0 Å². The second-order valence-electron chi connectivity index (χ2n) is 4.21. The van der Waals surface area contributed by atoms with Crippen LogP contribution in [0.2, 0.25) is 0 Å². The molecule has 0 unspecified atom stereocenters. The van der Waals surface area contributed by atoms with Crippen molar-refractivity contribution >= 4 is 0 Å². The summed E-state index contributed by atoms with van der Waals surface area (Å²) in [5.74, 6) is 2.41. The number of ether oxygens (including phenoxy) is 1. The van der Waals surface area contributed by atoms with Gasteiger partial charge in [0.15, 0.2) is 5.82 Å². The molecule has 0 aliphatic carbocycles. The molecular weight excluding hydrogens is 228 g/mol. The van der Waals surface area contributed by atoms with Crippen LogP contribution >= 0.6 is 0 Å². The number of benzene rings is 1. The van der Waals surface area contributed by atoms with Crippen LogP contribution in [-0.2, 0) is 20.1 Å². The Bertz CT molecular complexity index is 521. The van der Waals surface area contributed by atoms with E-state index in [0.29, 0.717) is 19.0 Å². The van der Waals surface area contributed by atoms with Gasteiger partial charge in [0, 0.05) is 13.5 Å². The van der Waals surface area contributed by atoms with E-state index in [0.717, 1.165) is 18.0 Å². The van der Waals surface area contributed by atoms with E-state index in [1.165, 1.54) is 5.56 Å². The van der Waals surface area contributed by atoms with Gasteiger partial charge in [-0.25, -0.2) is 4.98 Å². The van der Waals surface area contributed by atoms with Crippen LogP contribution < -0.4 is 10.5 Å². The smallest absolute Gasteiger partial charge is 0.188 e. The van der Waals surface area contributed by atoms with Crippen LogP contribution in [0.4, 0.5) is 0 Å². The maximum Gasteiger partial charge on any atom is 0.188 e. The lowest BCUT2D eigenvalue weighted by Gasteiger charge is -2.03. The van der Waals surface area contributed by atoms with E-state index in [-0.39, 0.29) is 0 Å². The van der Waals surface area contributed by atoms with Gasteiger partial charge < -0.3 is 10.5 Å². The van der Waals surface area contributed by atoms with Crippen molar-refractivity contribution < 1.29 is 4.74 Å². The van der Waals surface area contributed by atoms with Gasteiger partial charge in [-0.05, 0) is 31.2 Å². The van der Waals surface area contributed by atoms with Gasteiger partial charge in [0.2, 0.25) is 0 Å². The maximum atomic E-state index is 5.65. The molecule has 1 aromatic carbocycles. The monoisotopic (exact) mass is 246 g/mol. The summed E-state index contributed by atoms with van der Waals surface area (Å²) in [5.41, 5.74) is 6.68. The second kappa shape index (κ2) is 5.64. The van der Waals surface area contributed by atoms with Crippen molar-refractivity contribution in [2.75, 3.05) is 6.54 Å². The van der Waals surface area contributed by atoms with Crippen LogP contribution in [-0.4, -0.2) is 21.3 Å². The minimum absolute atomic E-state index is 0.377. The minimum atomic E-state index is 0.377. The summed E-state index contributed by atoms with van der Waals surface area (Å²) in [6.07, 6.45) is 0.730. The Morgan fingerprint density at radius 2 is 2.22 bits per heavy atom. The zero-order chi connectivity index (χ0) is 13.0. The molecule has 0 atom stereocenters. The molecule has 1 aromatic heterocycles. The van der Waals surface area contributed by atoms with E-state index in [9.17, 15) is 0 Å². The Balaban J connectivity index is 2.00. The third kappa shape index (κ3) is 3.07. The van der Waals surface area contributed by atoms with Crippen molar-refractivity contribution in [1.82, 2.24) is 14.8 Å². The van der Waals surface area contributed by atoms with Gasteiger partial charge in [-0.1, -0.05) is 12.1 Å². The van der Waals surface area contributed by atoms with Crippen LogP contribution in [0.3, 0.4) is 0 Å². The molecule has 5 nitrogen and oxygen atoms in total. The molecule has 0 aliphatic heterocycles. The van der Waals surface area contributed by atoms with Gasteiger partial charge in [0.25, 0.3) is 0 Å². The van der Waals surface area contributed by atoms with E-state index in [1.807, 2.05) is 38.2 Å². The summed E-state index contributed by atoms with van der Waals surface area (Å²) in [4.78, 5) is 4.38. The van der Waals surface area contributed by atoms with Crippen LogP contribution in [0.5, 0.6) is 5.75 Å². The molecule has 5 heteroatoms. The number of aromatic nitrogens is 3. The Morgan fingerprint density at radius 3 is 2.94 bits per heavy atom. The number of hydrogen-bond donors (Lipinski definition) is 1. The predicted octanol–water partition coefficient (Wildman–Crippen LogP) is 1.20. The summed E-state index contributed by atoms with van der Waals surface area (Å²) < 4.78 is 7.40. The number of nitrogens with zero attached hydrogens (tertiary/aromatic N) is 3. The Kier molecular flexibility index (Phi) is 3.94. The number of hydrogen-bond acceptors (Lipinski definition) is 4. The molecule has 0 saturated carbocycles. The fourth-order valence-electron chi connectivity index (χ4n) is 1.74. The number of aryl methyl sites for hydroxylation is 2. The van der Waals surface area contributed by atoms with Gasteiger partial charge in [0.1, 0.15) is 18.2 Å². The van der Waals surface area contributed by atoms with Crippen molar-refractivity contribution in [1.29, 1.82) is 0 Å². The molecular formula is C13H18N4O. The fraction of sp³-hybridized carbons (Fsp3) is 0.385. The van der Waals surface area contributed by atoms with Gasteiger partial charge >= 0.3 is 0 Å². The standard InChI is InChI=1S/C13H18N4O/c1-10-4-3-5-11(8-10)18-9-12-15-13(6-7-14)17(2)16-12/h3-5,8H,6-7,9,14H2,1-2H3. The number of nitrogens with two attached hydrogens (primary N) is 1. The van der Waals surface area contributed by atoms with Crippen LogP contribution in [0.25, 0.3) is 0 Å². The summed E-state index contributed by atoms with van der Waals surface area (Å²) in [5, 5.41) is 4.29. The lowest BCUT2D eigenvalue weighted by molar-refractivity contribution is 0.295. The van der Waals surface area contributed by atoms with Gasteiger partial charge in [-0.15, -0.1) is 0 Å². The minimum Gasteiger partial charge on any atom is -0.486 e. The van der Waals surface area contributed by atoms with Crippen molar-refractivity contribution in [3.63, 3.8) is 0 Å². The molecule has 0 fully saturated rings. The van der Waals surface area contributed by atoms with Gasteiger partial charge in [-0.3, -0.25) is 4.68 Å². The largest absolute Gasteiger partial charge is 0.486 e. The van der Waals surface area contributed by atoms with E-state index in [1.54, 1.807) is 4.68 Å². The van der Waals surface area contributed by atoms with Crippen molar-refractivity contribution in [3.05, 3.63) is 41.5 Å². The quantitative estimate of drug-likeness (QED) is 0.861. The Morgan fingerprint density at radius 1 is 1.39 bits per heavy atom. The van der Waals surface area contributed by atoms with E-state index in [2.05, 4.69) is 10.1 Å². The molecule has 0 amide bonds. The Hall–Kier alpha value is -1.88. The lowest BCUT2D eigenvalue weighted by Crippen LogP contribution is -2.08. The van der Waals surface area contributed by atoms with Gasteiger partial charge in [0.05, 0.1) is 0 Å². The highest BCUT2D eigenvalue weighted by atomic mass is 16.5. The predicted molar refractivity (Wildman–Crippen MR) is 69.3 cm³/mol. The first-order valence-corrected chi connectivity index (χ1v) is 5.97. The first-order chi connectivity index (χ1) is 8.69. The van der Waals surface area contributed by atoms with Crippen molar-refractivity contribution in [3.8, 4) is 5.75 Å². The molecule has 0 aliphatic rings. The molecule has 0 saturated heterocycles. The molecule has 0 radical (unpaired) electrons. The first kappa shape index (κ1) is 12.6. The molecule has 96 valence electrons. The third-order valence-electron chi connectivity index (χ3n) is 2.62. The maximum absolute atomic E-state index is 5.65. The summed E-state index contributed by atoms with van der Waals surface area (Å²) in [6, 6.07) is 7.92. The highest BCUT2D eigenvalue weighted by Crippen LogP contribution is 2.13. The summed E-state index contributed by atoms with van der Waals surface area (Å²) >= 11 is 0. The average molecular weight is 246 g/mol. The molecule has 18 heavy (non-hydrogen) atoms. The summed E-state index contributed by atoms with van der Waals surface area (Å²) in [7, 11) is 1.87. The highest BCUT2D eigenvalue weighted by Gasteiger charge is 2.06. The zero-order valence-corrected chi connectivity index (χ0v) is 10.8. The lowest BCUT2D eigenvalue weighted by atomic mass is 10.2. The SMILES string of the molecule is Cc1cccc(OCc2nc(CCN)n(C)n2)c1. The zero-order valence-electron chi connectivity index (χ0n) is 10.8. The molecule has 2 N–H and O–H groups in total. The van der Waals surface area contributed by atoms with E-state index < -0.39 is 0 Å². The molecule has 2 rings (SSSR count). The fourth-order valence-corrected chi connectivity index (χ4v) is 1.74. The molecule has 1 heterocycles. The highest BCUT2D eigenvalue weighted by molar-refractivity contribution is 5.27. The first-order valence-electron chi connectivity index (χ1n) is 5.97.